The van der Waals surface area contributed by atoms with Crippen molar-refractivity contribution >= 4 is 14.1 Å². The molecule has 1 saturated heterocycles. The van der Waals surface area contributed by atoms with E-state index in [4.69, 9.17) is 19.3 Å². The fourth-order valence-corrected chi connectivity index (χ4v) is 2.19. The van der Waals surface area contributed by atoms with E-state index in [-0.39, 0.29) is 6.61 Å². The maximum absolute atomic E-state index is 10.6. The lowest BCUT2D eigenvalue weighted by atomic mass is 10.2. The summed E-state index contributed by atoms with van der Waals surface area (Å²) in [6, 6.07) is 1.66. The summed E-state index contributed by atoms with van der Waals surface area (Å²) in [5.41, 5.74) is 0. The molecule has 1 aliphatic rings. The molecule has 0 aromatic carbocycles. The van der Waals surface area contributed by atoms with Crippen molar-refractivity contribution in [2.45, 2.75) is 24.9 Å². The number of nitrogens with one attached hydrogen (secondary N) is 1. The fraction of sp³-hybridized carbons (Fsp3) is 0.556. The minimum Gasteiger partial charge on any atom is -0.394 e. The molecule has 1 aromatic heterocycles. The maximum atomic E-state index is 10.6. The zero-order valence-corrected chi connectivity index (χ0v) is 10.2. The van der Waals surface area contributed by atoms with Gasteiger partial charge in [-0.2, -0.15) is 0 Å². The number of nitrogens with zero attached hydrogens (tertiary/aromatic N) is 2. The third-order valence-electron chi connectivity index (χ3n) is 2.50. The Morgan fingerprint density at radius 2 is 2.50 bits per heavy atom. The summed E-state index contributed by atoms with van der Waals surface area (Å²) >= 11 is 0. The third-order valence-corrected chi connectivity index (χ3v) is 2.95. The van der Waals surface area contributed by atoms with E-state index in [2.05, 4.69) is 15.3 Å². The van der Waals surface area contributed by atoms with E-state index in [1.165, 1.54) is 6.33 Å². The van der Waals surface area contributed by atoms with Crippen LogP contribution >= 0.6 is 8.25 Å². The van der Waals surface area contributed by atoms with Crippen LogP contribution < -0.4 is 5.32 Å². The first-order valence-corrected chi connectivity index (χ1v) is 6.44. The van der Waals surface area contributed by atoms with E-state index in [0.29, 0.717) is 12.2 Å². The predicted octanol–water partition coefficient (Wildman–Crippen LogP) is 0.0307. The lowest BCUT2D eigenvalue weighted by Gasteiger charge is -2.13. The first-order chi connectivity index (χ1) is 8.69. The number of aromatic nitrogens is 2. The molecule has 1 aromatic rings. The summed E-state index contributed by atoms with van der Waals surface area (Å²) in [6.07, 6.45) is 1.62. The highest BCUT2D eigenvalue weighted by Gasteiger charge is 2.41. The van der Waals surface area contributed by atoms with Gasteiger partial charge in [-0.25, -0.2) is 9.97 Å². The van der Waals surface area contributed by atoms with Gasteiger partial charge in [-0.05, 0) is 6.07 Å². The zero-order chi connectivity index (χ0) is 13.0. The molecule has 9 heteroatoms. The molecule has 0 bridgehead atoms. The van der Waals surface area contributed by atoms with Gasteiger partial charge in [0.25, 0.3) is 0 Å². The molecule has 0 saturated carbocycles. The molecule has 1 fully saturated rings. The van der Waals surface area contributed by atoms with Gasteiger partial charge in [0.05, 0.1) is 6.61 Å². The lowest BCUT2D eigenvalue weighted by Crippen LogP contribution is -2.26. The number of hydrogen-bond acceptors (Lipinski definition) is 7. The summed E-state index contributed by atoms with van der Waals surface area (Å²) in [4.78, 5) is 16.5. The molecule has 8 nitrogen and oxygen atoms in total. The Labute approximate surface area is 104 Å². The van der Waals surface area contributed by atoms with Gasteiger partial charge in [0.2, 0.25) is 0 Å². The fourth-order valence-electron chi connectivity index (χ4n) is 1.74. The van der Waals surface area contributed by atoms with Gasteiger partial charge in [-0.3, -0.25) is 0 Å². The van der Waals surface area contributed by atoms with Crippen LogP contribution in [-0.2, 0) is 13.8 Å². The quantitative estimate of drug-likeness (QED) is 0.644. The Balaban J connectivity index is 1.94. The minimum absolute atomic E-state index is 0.282. The molecule has 0 aliphatic carbocycles. The van der Waals surface area contributed by atoms with Gasteiger partial charge in [0, 0.05) is 17.2 Å². The summed E-state index contributed by atoms with van der Waals surface area (Å²) in [7, 11) is -2.72. The summed E-state index contributed by atoms with van der Waals surface area (Å²) in [5.74, 6) is 0.570. The van der Waals surface area contributed by atoms with Crippen molar-refractivity contribution in [3.63, 3.8) is 0 Å². The molecule has 2 heterocycles. The molecule has 0 amide bonds. The number of aliphatic hydroxyl groups is 1. The normalized spacial score (nSPS) is 28.1. The molecule has 0 spiro atoms. The number of aliphatic hydroxyl groups excluding tert-OH is 1. The van der Waals surface area contributed by atoms with E-state index < -0.39 is 26.7 Å². The Kier molecular flexibility index (Phi) is 4.51. The van der Waals surface area contributed by atoms with Crippen LogP contribution in [0.3, 0.4) is 0 Å². The van der Waals surface area contributed by atoms with Crippen LogP contribution in [0.5, 0.6) is 0 Å². The van der Waals surface area contributed by atoms with E-state index in [1.807, 2.05) is 0 Å². The van der Waals surface area contributed by atoms with Crippen LogP contribution in [0.25, 0.3) is 0 Å². The Hall–Kier alpha value is -1.18. The highest BCUT2D eigenvalue weighted by molar-refractivity contribution is 7.32. The third kappa shape index (κ3) is 3.41. The number of hydrogen-bond donors (Lipinski definition) is 3. The second kappa shape index (κ2) is 6.12. The lowest BCUT2D eigenvalue weighted by molar-refractivity contribution is -0.00894. The summed E-state index contributed by atoms with van der Waals surface area (Å²) < 4.78 is 20.9. The highest BCUT2D eigenvalue weighted by Crippen LogP contribution is 2.30. The van der Waals surface area contributed by atoms with Gasteiger partial charge in [0.15, 0.2) is 0 Å². The van der Waals surface area contributed by atoms with Crippen molar-refractivity contribution in [3.05, 3.63) is 18.6 Å². The van der Waals surface area contributed by atoms with E-state index >= 15 is 0 Å². The summed E-state index contributed by atoms with van der Waals surface area (Å²) in [5, 5.41) is 12.1. The molecule has 3 N–H and O–H groups in total. The van der Waals surface area contributed by atoms with Crippen LogP contribution in [0, 0.1) is 0 Å². The van der Waals surface area contributed by atoms with Gasteiger partial charge in [0.1, 0.15) is 30.6 Å². The molecular formula is C9H13N3O5P+. The Morgan fingerprint density at radius 1 is 1.67 bits per heavy atom. The van der Waals surface area contributed by atoms with E-state index in [1.54, 1.807) is 12.3 Å². The first-order valence-electron chi connectivity index (χ1n) is 5.31. The van der Waals surface area contributed by atoms with E-state index in [0.717, 1.165) is 0 Å². The molecular weight excluding hydrogens is 261 g/mol. The van der Waals surface area contributed by atoms with Crippen LogP contribution in [0.15, 0.2) is 18.6 Å². The van der Waals surface area contributed by atoms with Crippen molar-refractivity contribution in [1.82, 2.24) is 9.97 Å². The van der Waals surface area contributed by atoms with Gasteiger partial charge < -0.3 is 15.2 Å². The monoisotopic (exact) mass is 274 g/mol. The topological polar surface area (TPSA) is 114 Å². The summed E-state index contributed by atoms with van der Waals surface area (Å²) in [6.45, 7) is -0.282. The standard InChI is InChI=1S/C9H12N3O5P/c13-4-7-6(17-18(14)15)3-9(16-7)12-8-1-2-10-5-11-8/h1-2,5-7,9,13H,3-4H2,(H-,10,11,12,14,15)/p+1/t6-,7?,9+/m0/s1. The number of anilines is 1. The largest absolute Gasteiger partial charge is 0.695 e. The van der Waals surface area contributed by atoms with Crippen LogP contribution in [0.2, 0.25) is 0 Å². The van der Waals surface area contributed by atoms with Gasteiger partial charge >= 0.3 is 8.25 Å². The van der Waals surface area contributed by atoms with Crippen LogP contribution in [0.1, 0.15) is 6.42 Å². The van der Waals surface area contributed by atoms with Gasteiger partial charge in [-0.15, -0.1) is 9.42 Å². The maximum Gasteiger partial charge on any atom is 0.695 e. The van der Waals surface area contributed by atoms with Gasteiger partial charge in [-0.1, -0.05) is 0 Å². The number of rotatable bonds is 5. The highest BCUT2D eigenvalue weighted by atomic mass is 31.1. The molecule has 0 radical (unpaired) electrons. The Bertz CT molecular complexity index is 406. The molecule has 2 unspecified atom stereocenters. The average molecular weight is 274 g/mol. The molecule has 1 aliphatic heterocycles. The molecule has 18 heavy (non-hydrogen) atoms. The van der Waals surface area contributed by atoms with E-state index in [9.17, 15) is 4.57 Å². The van der Waals surface area contributed by atoms with Crippen molar-refractivity contribution in [2.24, 2.45) is 0 Å². The Morgan fingerprint density at radius 3 is 3.11 bits per heavy atom. The first kappa shape index (κ1) is 13.3. The van der Waals surface area contributed by atoms with Crippen molar-refractivity contribution < 1.29 is 23.8 Å². The number of ether oxygens (including phenoxy) is 1. The average Bonchev–Trinajstić information content (AvgIpc) is 2.71. The second-order valence-corrected chi connectivity index (χ2v) is 4.39. The predicted molar refractivity (Wildman–Crippen MR) is 60.7 cm³/mol. The molecule has 98 valence electrons. The second-order valence-electron chi connectivity index (χ2n) is 3.70. The smallest absolute Gasteiger partial charge is 0.394 e. The zero-order valence-electron chi connectivity index (χ0n) is 9.34. The van der Waals surface area contributed by atoms with Crippen molar-refractivity contribution in [2.75, 3.05) is 11.9 Å². The SMILES string of the molecule is O=[P+](O)O[C@H]1C[C@H](Nc2ccncn2)OC1CO. The van der Waals surface area contributed by atoms with Crippen LogP contribution in [0.4, 0.5) is 5.82 Å². The minimum atomic E-state index is -2.72. The van der Waals surface area contributed by atoms with Crippen molar-refractivity contribution in [1.29, 1.82) is 0 Å². The molecule has 2 rings (SSSR count). The van der Waals surface area contributed by atoms with Crippen LogP contribution in [-0.4, -0.2) is 45.0 Å². The van der Waals surface area contributed by atoms with Crippen molar-refractivity contribution in [3.8, 4) is 0 Å². The molecule has 4 atom stereocenters.